The van der Waals surface area contributed by atoms with Crippen LogP contribution in [0.2, 0.25) is 0 Å². The Morgan fingerprint density at radius 2 is 1.79 bits per heavy atom. The highest BCUT2D eigenvalue weighted by atomic mass is 16.3. The van der Waals surface area contributed by atoms with Gasteiger partial charge in [0.2, 0.25) is 5.75 Å². The van der Waals surface area contributed by atoms with E-state index in [1.807, 2.05) is 19.9 Å². The third kappa shape index (κ3) is 2.19. The molecule has 0 saturated carbocycles. The standard InChI is InChI=1S/C11H14O3/c1-7(2)3-4-8-5-6-9(12)11(14)10(8)13/h3,5-6,12-14H,4H2,1-2H3. The SMILES string of the molecule is CC(C)=CCc1ccc(O)c(O)c1O. The van der Waals surface area contributed by atoms with E-state index < -0.39 is 5.75 Å². The summed E-state index contributed by atoms with van der Waals surface area (Å²) in [5.41, 5.74) is 1.73. The first-order valence-corrected chi connectivity index (χ1v) is 4.38. The molecule has 0 aliphatic carbocycles. The lowest BCUT2D eigenvalue weighted by Gasteiger charge is -2.05. The summed E-state index contributed by atoms with van der Waals surface area (Å²) in [4.78, 5) is 0. The quantitative estimate of drug-likeness (QED) is 0.500. The molecule has 14 heavy (non-hydrogen) atoms. The lowest BCUT2D eigenvalue weighted by molar-refractivity contribution is 0.365. The number of hydrogen-bond acceptors (Lipinski definition) is 3. The summed E-state index contributed by atoms with van der Waals surface area (Å²) in [5, 5.41) is 27.8. The maximum atomic E-state index is 9.45. The molecule has 0 aromatic heterocycles. The van der Waals surface area contributed by atoms with Crippen LogP contribution < -0.4 is 0 Å². The second-order valence-corrected chi connectivity index (χ2v) is 3.43. The van der Waals surface area contributed by atoms with Crippen LogP contribution >= 0.6 is 0 Å². The summed E-state index contributed by atoms with van der Waals surface area (Å²) in [5.74, 6) is -1.00. The van der Waals surface area contributed by atoms with E-state index in [9.17, 15) is 10.2 Å². The molecule has 0 fully saturated rings. The van der Waals surface area contributed by atoms with Gasteiger partial charge in [-0.2, -0.15) is 0 Å². The van der Waals surface area contributed by atoms with Crippen LogP contribution in [0.1, 0.15) is 19.4 Å². The summed E-state index contributed by atoms with van der Waals surface area (Å²) in [6, 6.07) is 2.95. The van der Waals surface area contributed by atoms with E-state index in [2.05, 4.69) is 0 Å². The third-order valence-electron chi connectivity index (χ3n) is 1.94. The Balaban J connectivity index is 3.00. The van der Waals surface area contributed by atoms with Crippen LogP contribution in [0.15, 0.2) is 23.8 Å². The fraction of sp³-hybridized carbons (Fsp3) is 0.273. The number of phenols is 3. The van der Waals surface area contributed by atoms with E-state index in [1.54, 1.807) is 6.07 Å². The molecule has 0 radical (unpaired) electrons. The summed E-state index contributed by atoms with van der Waals surface area (Å²) in [7, 11) is 0. The summed E-state index contributed by atoms with van der Waals surface area (Å²) >= 11 is 0. The topological polar surface area (TPSA) is 60.7 Å². The summed E-state index contributed by atoms with van der Waals surface area (Å²) in [6.07, 6.45) is 2.48. The first-order valence-electron chi connectivity index (χ1n) is 4.38. The van der Waals surface area contributed by atoms with Gasteiger partial charge in [0.15, 0.2) is 11.5 Å². The number of aromatic hydroxyl groups is 3. The molecule has 1 aromatic carbocycles. The molecule has 76 valence electrons. The van der Waals surface area contributed by atoms with Crippen LogP contribution in [-0.4, -0.2) is 15.3 Å². The van der Waals surface area contributed by atoms with Gasteiger partial charge in [0.25, 0.3) is 0 Å². The van der Waals surface area contributed by atoms with Crippen LogP contribution in [0.4, 0.5) is 0 Å². The molecular formula is C11H14O3. The average Bonchev–Trinajstić information content (AvgIpc) is 2.13. The lowest BCUT2D eigenvalue weighted by atomic mass is 10.1. The Bertz CT molecular complexity index is 363. The van der Waals surface area contributed by atoms with Gasteiger partial charge in [-0.05, 0) is 26.3 Å². The largest absolute Gasteiger partial charge is 0.504 e. The minimum absolute atomic E-state index is 0.248. The van der Waals surface area contributed by atoms with Gasteiger partial charge in [0.05, 0.1) is 0 Å². The average molecular weight is 194 g/mol. The fourth-order valence-corrected chi connectivity index (χ4v) is 1.09. The molecule has 3 N–H and O–H groups in total. The van der Waals surface area contributed by atoms with Gasteiger partial charge in [0.1, 0.15) is 0 Å². The Morgan fingerprint density at radius 3 is 2.36 bits per heavy atom. The Hall–Kier alpha value is -1.64. The van der Waals surface area contributed by atoms with Gasteiger partial charge < -0.3 is 15.3 Å². The normalized spacial score (nSPS) is 9.86. The number of rotatable bonds is 2. The highest BCUT2D eigenvalue weighted by molar-refractivity contribution is 5.53. The van der Waals surface area contributed by atoms with Crippen molar-refractivity contribution in [3.63, 3.8) is 0 Å². The van der Waals surface area contributed by atoms with Crippen LogP contribution in [0.3, 0.4) is 0 Å². The van der Waals surface area contributed by atoms with Gasteiger partial charge >= 0.3 is 0 Å². The fourth-order valence-electron chi connectivity index (χ4n) is 1.09. The van der Waals surface area contributed by atoms with Crippen LogP contribution in [-0.2, 0) is 6.42 Å². The zero-order valence-corrected chi connectivity index (χ0v) is 8.28. The highest BCUT2D eigenvalue weighted by Gasteiger charge is 2.09. The third-order valence-corrected chi connectivity index (χ3v) is 1.94. The van der Waals surface area contributed by atoms with Crippen molar-refractivity contribution >= 4 is 0 Å². The van der Waals surface area contributed by atoms with Crippen molar-refractivity contribution < 1.29 is 15.3 Å². The molecule has 0 unspecified atom stereocenters. The van der Waals surface area contributed by atoms with Gasteiger partial charge in [-0.3, -0.25) is 0 Å². The summed E-state index contributed by atoms with van der Waals surface area (Å²) in [6.45, 7) is 3.91. The zero-order chi connectivity index (χ0) is 10.7. The van der Waals surface area contributed by atoms with E-state index >= 15 is 0 Å². The number of phenolic OH excluding ortho intramolecular Hbond substituents is 3. The molecule has 0 aliphatic heterocycles. The number of hydrogen-bond donors (Lipinski definition) is 3. The molecular weight excluding hydrogens is 180 g/mol. The minimum atomic E-state index is -0.454. The van der Waals surface area contributed by atoms with Crippen LogP contribution in [0.25, 0.3) is 0 Å². The predicted octanol–water partition coefficient (Wildman–Crippen LogP) is 2.31. The van der Waals surface area contributed by atoms with Crippen LogP contribution in [0, 0.1) is 0 Å². The number of allylic oxidation sites excluding steroid dienone is 2. The Labute approximate surface area is 82.9 Å². The van der Waals surface area contributed by atoms with Crippen molar-refractivity contribution in [1.82, 2.24) is 0 Å². The van der Waals surface area contributed by atoms with Crippen molar-refractivity contribution in [3.8, 4) is 17.2 Å². The van der Waals surface area contributed by atoms with Crippen molar-refractivity contribution in [2.45, 2.75) is 20.3 Å². The molecule has 0 heterocycles. The van der Waals surface area contributed by atoms with E-state index in [0.717, 1.165) is 5.57 Å². The molecule has 3 heteroatoms. The second-order valence-electron chi connectivity index (χ2n) is 3.43. The van der Waals surface area contributed by atoms with Gasteiger partial charge in [-0.25, -0.2) is 0 Å². The van der Waals surface area contributed by atoms with Crippen molar-refractivity contribution in [1.29, 1.82) is 0 Å². The van der Waals surface area contributed by atoms with Crippen molar-refractivity contribution in [2.75, 3.05) is 0 Å². The predicted molar refractivity (Wildman–Crippen MR) is 54.6 cm³/mol. The maximum absolute atomic E-state index is 9.45. The minimum Gasteiger partial charge on any atom is -0.504 e. The molecule has 1 aromatic rings. The molecule has 0 amide bonds. The molecule has 0 saturated heterocycles. The molecule has 0 aliphatic rings. The zero-order valence-electron chi connectivity index (χ0n) is 8.28. The first kappa shape index (κ1) is 10.4. The van der Waals surface area contributed by atoms with Gasteiger partial charge in [-0.1, -0.05) is 17.7 Å². The van der Waals surface area contributed by atoms with Crippen molar-refractivity contribution in [3.05, 3.63) is 29.3 Å². The van der Waals surface area contributed by atoms with E-state index in [1.165, 1.54) is 6.07 Å². The lowest BCUT2D eigenvalue weighted by Crippen LogP contribution is -1.84. The van der Waals surface area contributed by atoms with E-state index in [4.69, 9.17) is 5.11 Å². The molecule has 0 atom stereocenters. The second kappa shape index (κ2) is 4.05. The number of benzene rings is 1. The monoisotopic (exact) mass is 194 g/mol. The molecule has 0 bridgehead atoms. The molecule has 3 nitrogen and oxygen atoms in total. The Morgan fingerprint density at radius 1 is 1.14 bits per heavy atom. The summed E-state index contributed by atoms with van der Waals surface area (Å²) < 4.78 is 0. The van der Waals surface area contributed by atoms with E-state index in [0.29, 0.717) is 12.0 Å². The van der Waals surface area contributed by atoms with Crippen LogP contribution in [0.5, 0.6) is 17.2 Å². The smallest absolute Gasteiger partial charge is 0.200 e. The maximum Gasteiger partial charge on any atom is 0.200 e. The highest BCUT2D eigenvalue weighted by Crippen LogP contribution is 2.37. The van der Waals surface area contributed by atoms with E-state index in [-0.39, 0.29) is 11.5 Å². The van der Waals surface area contributed by atoms with Gasteiger partial charge in [0, 0.05) is 5.56 Å². The van der Waals surface area contributed by atoms with Gasteiger partial charge in [-0.15, -0.1) is 0 Å². The molecule has 1 rings (SSSR count). The van der Waals surface area contributed by atoms with Crippen molar-refractivity contribution in [2.24, 2.45) is 0 Å². The Kier molecular flexibility index (Phi) is 3.02. The first-order chi connectivity index (χ1) is 6.52. The molecule has 0 spiro atoms.